The first-order valence-electron chi connectivity index (χ1n) is 10.3. The summed E-state index contributed by atoms with van der Waals surface area (Å²) in [5.74, 6) is 0.0195. The van der Waals surface area contributed by atoms with Crippen molar-refractivity contribution >= 4 is 16.9 Å². The Kier molecular flexibility index (Phi) is 5.81. The molecule has 0 saturated carbocycles. The van der Waals surface area contributed by atoms with Crippen molar-refractivity contribution in [2.24, 2.45) is 7.05 Å². The topological polar surface area (TPSA) is 67.5 Å². The number of carbonyl (C=O) groups is 1. The molecular weight excluding hydrogens is 380 g/mol. The number of hydrogen-bond acceptors (Lipinski definition) is 4. The van der Waals surface area contributed by atoms with Crippen molar-refractivity contribution in [3.63, 3.8) is 0 Å². The molecule has 2 aromatic carbocycles. The van der Waals surface area contributed by atoms with Crippen LogP contribution in [-0.4, -0.2) is 51.0 Å². The molecule has 0 radical (unpaired) electrons. The SMILES string of the molecule is Cn1c(=O)c(=O)n(CCC(=O)N2CCN(Cc3ccccc3)CC2)c2ccccc21. The second-order valence-corrected chi connectivity index (χ2v) is 7.70. The van der Waals surface area contributed by atoms with E-state index in [1.807, 2.05) is 41.3 Å². The van der Waals surface area contributed by atoms with Crippen molar-refractivity contribution in [2.45, 2.75) is 19.5 Å². The zero-order valence-electron chi connectivity index (χ0n) is 17.2. The number of aromatic nitrogens is 2. The molecule has 1 aromatic heterocycles. The minimum absolute atomic E-state index is 0.0195. The van der Waals surface area contributed by atoms with Gasteiger partial charge in [0.25, 0.3) is 0 Å². The van der Waals surface area contributed by atoms with Crippen molar-refractivity contribution in [2.75, 3.05) is 26.2 Å². The van der Waals surface area contributed by atoms with Gasteiger partial charge in [0.15, 0.2) is 0 Å². The fourth-order valence-corrected chi connectivity index (χ4v) is 4.04. The highest BCUT2D eigenvalue weighted by Crippen LogP contribution is 2.12. The van der Waals surface area contributed by atoms with Gasteiger partial charge < -0.3 is 14.0 Å². The molecule has 156 valence electrons. The molecule has 0 spiro atoms. The lowest BCUT2D eigenvalue weighted by atomic mass is 10.2. The van der Waals surface area contributed by atoms with Gasteiger partial charge in [-0.05, 0) is 17.7 Å². The number of carbonyl (C=O) groups excluding carboxylic acids is 1. The molecular formula is C23H26N4O3. The molecule has 7 heteroatoms. The number of nitrogens with zero attached hydrogens (tertiary/aromatic N) is 4. The van der Waals surface area contributed by atoms with Crippen LogP contribution in [0.5, 0.6) is 0 Å². The van der Waals surface area contributed by atoms with E-state index in [1.54, 1.807) is 13.1 Å². The largest absolute Gasteiger partial charge is 0.340 e. The van der Waals surface area contributed by atoms with E-state index in [2.05, 4.69) is 17.0 Å². The van der Waals surface area contributed by atoms with Crippen LogP contribution in [0.1, 0.15) is 12.0 Å². The molecule has 0 N–H and O–H groups in total. The lowest BCUT2D eigenvalue weighted by Crippen LogP contribution is -2.48. The van der Waals surface area contributed by atoms with E-state index >= 15 is 0 Å². The standard InChI is InChI=1S/C23H26N4O3/c1-24-19-9-5-6-10-20(19)27(23(30)22(24)29)12-11-21(28)26-15-13-25(14-16-26)17-18-7-3-2-4-8-18/h2-10H,11-17H2,1H3. The van der Waals surface area contributed by atoms with E-state index < -0.39 is 11.1 Å². The van der Waals surface area contributed by atoms with Gasteiger partial charge in [-0.15, -0.1) is 0 Å². The van der Waals surface area contributed by atoms with Crippen LogP contribution in [0.3, 0.4) is 0 Å². The fraction of sp³-hybridized carbons (Fsp3) is 0.348. The number of piperazine rings is 1. The maximum absolute atomic E-state index is 12.7. The van der Waals surface area contributed by atoms with Crippen LogP contribution in [-0.2, 0) is 24.9 Å². The minimum atomic E-state index is -0.586. The zero-order valence-corrected chi connectivity index (χ0v) is 17.2. The summed E-state index contributed by atoms with van der Waals surface area (Å²) in [4.78, 5) is 41.7. The average molecular weight is 406 g/mol. The molecule has 0 unspecified atom stereocenters. The summed E-state index contributed by atoms with van der Waals surface area (Å²) in [6.07, 6.45) is 0.204. The summed E-state index contributed by atoms with van der Waals surface area (Å²) in [6.45, 7) is 4.11. The number of para-hydroxylation sites is 2. The van der Waals surface area contributed by atoms with Gasteiger partial charge in [-0.3, -0.25) is 19.3 Å². The number of benzene rings is 2. The van der Waals surface area contributed by atoms with Crippen LogP contribution < -0.4 is 11.1 Å². The third-order valence-corrected chi connectivity index (χ3v) is 5.79. The summed E-state index contributed by atoms with van der Waals surface area (Å²) >= 11 is 0. The van der Waals surface area contributed by atoms with Crippen LogP contribution in [0.4, 0.5) is 0 Å². The maximum Gasteiger partial charge on any atom is 0.316 e. The van der Waals surface area contributed by atoms with Crippen molar-refractivity contribution in [3.05, 3.63) is 80.9 Å². The van der Waals surface area contributed by atoms with Gasteiger partial charge in [0, 0.05) is 52.7 Å². The predicted octanol–water partition coefficient (Wildman–Crippen LogP) is 1.43. The Balaban J connectivity index is 1.39. The maximum atomic E-state index is 12.7. The van der Waals surface area contributed by atoms with Gasteiger partial charge in [-0.25, -0.2) is 0 Å². The van der Waals surface area contributed by atoms with E-state index in [-0.39, 0.29) is 18.9 Å². The molecule has 1 aliphatic rings. The molecule has 2 heterocycles. The molecule has 3 aromatic rings. The molecule has 0 aliphatic carbocycles. The van der Waals surface area contributed by atoms with Gasteiger partial charge in [-0.2, -0.15) is 0 Å². The molecule has 7 nitrogen and oxygen atoms in total. The second-order valence-electron chi connectivity index (χ2n) is 7.70. The Labute approximate surface area is 174 Å². The van der Waals surface area contributed by atoms with E-state index in [0.29, 0.717) is 24.1 Å². The average Bonchev–Trinajstić information content (AvgIpc) is 2.78. The number of rotatable bonds is 5. The number of fused-ring (bicyclic) bond motifs is 1. The molecule has 1 saturated heterocycles. The molecule has 1 amide bonds. The summed E-state index contributed by atoms with van der Waals surface area (Å²) in [5, 5.41) is 0. The first kappa shape index (κ1) is 20.1. The molecule has 1 fully saturated rings. The smallest absolute Gasteiger partial charge is 0.316 e. The molecule has 1 aliphatic heterocycles. The minimum Gasteiger partial charge on any atom is -0.340 e. The Hall–Kier alpha value is -3.19. The summed E-state index contributed by atoms with van der Waals surface area (Å²) in [5.41, 5.74) is 1.47. The van der Waals surface area contributed by atoms with Crippen LogP contribution in [0, 0.1) is 0 Å². The van der Waals surface area contributed by atoms with Crippen LogP contribution in [0.2, 0.25) is 0 Å². The van der Waals surface area contributed by atoms with Gasteiger partial charge in [0.2, 0.25) is 5.91 Å². The van der Waals surface area contributed by atoms with Crippen molar-refractivity contribution in [3.8, 4) is 0 Å². The molecule has 4 rings (SSSR count). The highest BCUT2D eigenvalue weighted by atomic mass is 16.2. The van der Waals surface area contributed by atoms with Gasteiger partial charge in [0.1, 0.15) is 0 Å². The lowest BCUT2D eigenvalue weighted by molar-refractivity contribution is -0.133. The first-order chi connectivity index (χ1) is 14.5. The summed E-state index contributed by atoms with van der Waals surface area (Å²) in [7, 11) is 1.59. The molecule has 0 bridgehead atoms. The van der Waals surface area contributed by atoms with Crippen LogP contribution in [0.25, 0.3) is 11.0 Å². The predicted molar refractivity (Wildman–Crippen MR) is 116 cm³/mol. The van der Waals surface area contributed by atoms with Crippen molar-refractivity contribution in [1.82, 2.24) is 18.9 Å². The van der Waals surface area contributed by atoms with E-state index in [9.17, 15) is 14.4 Å². The van der Waals surface area contributed by atoms with Gasteiger partial charge in [0.05, 0.1) is 11.0 Å². The van der Waals surface area contributed by atoms with E-state index in [0.717, 1.165) is 19.6 Å². The van der Waals surface area contributed by atoms with Gasteiger partial charge in [-0.1, -0.05) is 42.5 Å². The van der Waals surface area contributed by atoms with Crippen molar-refractivity contribution < 1.29 is 4.79 Å². The Bertz CT molecular complexity index is 1160. The summed E-state index contributed by atoms with van der Waals surface area (Å²) < 4.78 is 2.79. The van der Waals surface area contributed by atoms with Crippen molar-refractivity contribution in [1.29, 1.82) is 0 Å². The molecule has 30 heavy (non-hydrogen) atoms. The Morgan fingerprint density at radius 3 is 2.17 bits per heavy atom. The second kappa shape index (κ2) is 8.67. The highest BCUT2D eigenvalue weighted by Gasteiger charge is 2.21. The monoisotopic (exact) mass is 406 g/mol. The summed E-state index contributed by atoms with van der Waals surface area (Å²) in [6, 6.07) is 17.6. The third-order valence-electron chi connectivity index (χ3n) is 5.79. The van der Waals surface area contributed by atoms with E-state index in [1.165, 1.54) is 14.7 Å². The normalized spacial score (nSPS) is 14.9. The van der Waals surface area contributed by atoms with Gasteiger partial charge >= 0.3 is 11.1 Å². The Morgan fingerprint density at radius 1 is 0.833 bits per heavy atom. The number of amides is 1. The third kappa shape index (κ3) is 4.07. The Morgan fingerprint density at radius 2 is 1.47 bits per heavy atom. The first-order valence-corrected chi connectivity index (χ1v) is 10.3. The molecule has 0 atom stereocenters. The van der Waals surface area contributed by atoms with Crippen LogP contribution in [0.15, 0.2) is 64.2 Å². The number of aryl methyl sites for hydroxylation is 2. The fourth-order valence-electron chi connectivity index (χ4n) is 4.04. The van der Waals surface area contributed by atoms with E-state index in [4.69, 9.17) is 0 Å². The lowest BCUT2D eigenvalue weighted by Gasteiger charge is -2.35. The quantitative estimate of drug-likeness (QED) is 0.602. The van der Waals surface area contributed by atoms with Crippen LogP contribution >= 0.6 is 0 Å². The number of hydrogen-bond donors (Lipinski definition) is 0. The highest BCUT2D eigenvalue weighted by molar-refractivity contribution is 5.77. The zero-order chi connectivity index (χ0) is 21.1.